The van der Waals surface area contributed by atoms with Gasteiger partial charge in [0.05, 0.1) is 16.2 Å². The Kier molecular flexibility index (Phi) is 5.07. The van der Waals surface area contributed by atoms with E-state index in [2.05, 4.69) is 20.2 Å². The maximum Gasteiger partial charge on any atom is 0.277 e. The number of fused-ring (bicyclic) bond motifs is 1. The van der Waals surface area contributed by atoms with E-state index in [1.165, 1.54) is 36.0 Å². The Bertz CT molecular complexity index is 1160. The zero-order valence-corrected chi connectivity index (χ0v) is 15.6. The SMILES string of the molecule is CC(Sc1nnc(COc2ccc(F)cc2)o1)c1nc2ccccc2c(=O)[nH]1. The monoisotopic (exact) mass is 398 g/mol. The summed E-state index contributed by atoms with van der Waals surface area (Å²) in [5.41, 5.74) is 0.444. The summed E-state index contributed by atoms with van der Waals surface area (Å²) in [4.78, 5) is 19.5. The molecule has 142 valence electrons. The molecule has 2 aromatic carbocycles. The lowest BCUT2D eigenvalue weighted by Crippen LogP contribution is -2.12. The molecule has 9 heteroatoms. The quantitative estimate of drug-likeness (QED) is 0.493. The van der Waals surface area contributed by atoms with Crippen molar-refractivity contribution in [1.29, 1.82) is 0 Å². The van der Waals surface area contributed by atoms with Gasteiger partial charge in [-0.15, -0.1) is 10.2 Å². The molecule has 0 bridgehead atoms. The van der Waals surface area contributed by atoms with E-state index < -0.39 is 0 Å². The molecule has 1 N–H and O–H groups in total. The molecule has 0 amide bonds. The summed E-state index contributed by atoms with van der Waals surface area (Å²) >= 11 is 1.28. The van der Waals surface area contributed by atoms with Gasteiger partial charge in [-0.2, -0.15) is 0 Å². The van der Waals surface area contributed by atoms with Crippen LogP contribution in [-0.2, 0) is 6.61 Å². The molecule has 7 nitrogen and oxygen atoms in total. The molecule has 0 fully saturated rings. The third-order valence-electron chi connectivity index (χ3n) is 3.92. The lowest BCUT2D eigenvalue weighted by atomic mass is 10.2. The summed E-state index contributed by atoms with van der Waals surface area (Å²) < 4.78 is 23.9. The first-order chi connectivity index (χ1) is 13.6. The third-order valence-corrected chi connectivity index (χ3v) is 4.86. The molecule has 28 heavy (non-hydrogen) atoms. The number of nitrogens with one attached hydrogen (secondary N) is 1. The first kappa shape index (κ1) is 18.2. The fourth-order valence-corrected chi connectivity index (χ4v) is 3.28. The number of benzene rings is 2. The summed E-state index contributed by atoms with van der Waals surface area (Å²) in [6, 6.07) is 12.8. The number of ether oxygens (including phenoxy) is 1. The number of aromatic amines is 1. The predicted octanol–water partition coefficient (Wildman–Crippen LogP) is 3.88. The van der Waals surface area contributed by atoms with Crippen molar-refractivity contribution in [2.24, 2.45) is 0 Å². The summed E-state index contributed by atoms with van der Waals surface area (Å²) in [6.45, 7) is 1.95. The van der Waals surface area contributed by atoms with Gasteiger partial charge in [0.15, 0.2) is 6.61 Å². The van der Waals surface area contributed by atoms with E-state index in [1.807, 2.05) is 13.0 Å². The van der Waals surface area contributed by atoms with E-state index in [1.54, 1.807) is 18.2 Å². The number of hydrogen-bond acceptors (Lipinski definition) is 7. The van der Waals surface area contributed by atoms with Gasteiger partial charge in [0.1, 0.15) is 17.4 Å². The molecule has 4 aromatic rings. The molecule has 0 saturated carbocycles. The topological polar surface area (TPSA) is 93.9 Å². The van der Waals surface area contributed by atoms with Gasteiger partial charge in [-0.1, -0.05) is 23.9 Å². The molecule has 0 aliphatic rings. The fraction of sp³-hybridized carbons (Fsp3) is 0.158. The number of para-hydroxylation sites is 1. The average Bonchev–Trinajstić information content (AvgIpc) is 3.15. The highest BCUT2D eigenvalue weighted by Gasteiger charge is 2.16. The molecule has 0 aliphatic heterocycles. The minimum absolute atomic E-state index is 0.0681. The Balaban J connectivity index is 1.43. The molecule has 4 rings (SSSR count). The Hall–Kier alpha value is -3.20. The number of nitrogens with zero attached hydrogens (tertiary/aromatic N) is 3. The van der Waals surface area contributed by atoms with E-state index >= 15 is 0 Å². The second-order valence-corrected chi connectivity index (χ2v) is 7.22. The van der Waals surface area contributed by atoms with Crippen molar-refractivity contribution in [3.05, 3.63) is 76.4 Å². The van der Waals surface area contributed by atoms with Crippen LogP contribution >= 0.6 is 11.8 Å². The van der Waals surface area contributed by atoms with Gasteiger partial charge in [0.2, 0.25) is 0 Å². The van der Waals surface area contributed by atoms with Crippen LogP contribution in [0.4, 0.5) is 4.39 Å². The summed E-state index contributed by atoms with van der Waals surface area (Å²) in [5.74, 6) is 0.980. The van der Waals surface area contributed by atoms with Crippen LogP contribution in [0.3, 0.4) is 0 Å². The van der Waals surface area contributed by atoms with Crippen LogP contribution in [0.1, 0.15) is 23.9 Å². The highest BCUT2D eigenvalue weighted by molar-refractivity contribution is 7.99. The number of rotatable bonds is 6. The smallest absolute Gasteiger partial charge is 0.277 e. The molecular weight excluding hydrogens is 383 g/mol. The Morgan fingerprint density at radius 3 is 2.79 bits per heavy atom. The van der Waals surface area contributed by atoms with Crippen molar-refractivity contribution < 1.29 is 13.5 Å². The molecule has 1 atom stereocenters. The van der Waals surface area contributed by atoms with Gasteiger partial charge < -0.3 is 14.1 Å². The standard InChI is InChI=1S/C19H15FN4O3S/c1-11(17-21-15-5-3-2-4-14(15)18(25)22-17)28-19-24-23-16(27-19)10-26-13-8-6-12(20)7-9-13/h2-9,11H,10H2,1H3,(H,21,22,25). The van der Waals surface area contributed by atoms with Gasteiger partial charge in [0, 0.05) is 0 Å². The van der Waals surface area contributed by atoms with Crippen LogP contribution in [0, 0.1) is 5.82 Å². The average molecular weight is 398 g/mol. The molecule has 1 unspecified atom stereocenters. The fourth-order valence-electron chi connectivity index (χ4n) is 2.52. The van der Waals surface area contributed by atoms with E-state index in [0.29, 0.717) is 33.6 Å². The van der Waals surface area contributed by atoms with Gasteiger partial charge >= 0.3 is 0 Å². The minimum atomic E-state index is -0.335. The molecule has 0 aliphatic carbocycles. The molecule has 0 spiro atoms. The van der Waals surface area contributed by atoms with E-state index in [0.717, 1.165) is 0 Å². The van der Waals surface area contributed by atoms with E-state index in [9.17, 15) is 9.18 Å². The zero-order valence-electron chi connectivity index (χ0n) is 14.8. The number of thioether (sulfide) groups is 1. The maximum absolute atomic E-state index is 12.9. The third kappa shape index (κ3) is 4.04. The van der Waals surface area contributed by atoms with Crippen LogP contribution in [0.5, 0.6) is 5.75 Å². The Labute approximate surface area is 163 Å². The number of aromatic nitrogens is 4. The number of hydrogen-bond donors (Lipinski definition) is 1. The molecule has 2 aromatic heterocycles. The van der Waals surface area contributed by atoms with Crippen LogP contribution in [0.15, 0.2) is 63.0 Å². The van der Waals surface area contributed by atoms with Crippen molar-refractivity contribution in [2.75, 3.05) is 0 Å². The van der Waals surface area contributed by atoms with Crippen molar-refractivity contribution in [1.82, 2.24) is 20.2 Å². The van der Waals surface area contributed by atoms with E-state index in [-0.39, 0.29) is 23.2 Å². The Morgan fingerprint density at radius 2 is 1.96 bits per heavy atom. The normalized spacial score (nSPS) is 12.2. The lowest BCUT2D eigenvalue weighted by Gasteiger charge is -2.08. The highest BCUT2D eigenvalue weighted by Crippen LogP contribution is 2.32. The molecule has 2 heterocycles. The van der Waals surface area contributed by atoms with Gasteiger partial charge in [-0.05, 0) is 43.3 Å². The van der Waals surface area contributed by atoms with Gasteiger partial charge in [0.25, 0.3) is 16.7 Å². The second kappa shape index (κ2) is 7.81. The van der Waals surface area contributed by atoms with Crippen LogP contribution < -0.4 is 10.3 Å². The second-order valence-electron chi connectivity index (χ2n) is 5.93. The first-order valence-corrected chi connectivity index (χ1v) is 9.33. The van der Waals surface area contributed by atoms with Crippen molar-refractivity contribution in [3.8, 4) is 5.75 Å². The number of H-pyrrole nitrogens is 1. The van der Waals surface area contributed by atoms with Crippen LogP contribution in [-0.4, -0.2) is 20.2 Å². The largest absolute Gasteiger partial charge is 0.484 e. The molecular formula is C19H15FN4O3S. The minimum Gasteiger partial charge on any atom is -0.484 e. The first-order valence-electron chi connectivity index (χ1n) is 8.45. The summed E-state index contributed by atoms with van der Waals surface area (Å²) in [5, 5.41) is 8.59. The number of halogens is 1. The maximum atomic E-state index is 12.9. The van der Waals surface area contributed by atoms with Crippen LogP contribution in [0.2, 0.25) is 0 Å². The van der Waals surface area contributed by atoms with Gasteiger partial charge in [-0.3, -0.25) is 4.79 Å². The van der Waals surface area contributed by atoms with Crippen molar-refractivity contribution >= 4 is 22.7 Å². The van der Waals surface area contributed by atoms with Crippen molar-refractivity contribution in [3.63, 3.8) is 0 Å². The zero-order chi connectivity index (χ0) is 19.5. The summed E-state index contributed by atoms with van der Waals surface area (Å²) in [6.07, 6.45) is 0. The molecule has 0 radical (unpaired) electrons. The van der Waals surface area contributed by atoms with Crippen molar-refractivity contribution in [2.45, 2.75) is 24.0 Å². The van der Waals surface area contributed by atoms with E-state index in [4.69, 9.17) is 9.15 Å². The Morgan fingerprint density at radius 1 is 1.18 bits per heavy atom. The lowest BCUT2D eigenvalue weighted by molar-refractivity contribution is 0.252. The summed E-state index contributed by atoms with van der Waals surface area (Å²) in [7, 11) is 0. The van der Waals surface area contributed by atoms with Crippen LogP contribution in [0.25, 0.3) is 10.9 Å². The molecule has 0 saturated heterocycles. The van der Waals surface area contributed by atoms with Gasteiger partial charge in [-0.25, -0.2) is 9.37 Å². The predicted molar refractivity (Wildman–Crippen MR) is 102 cm³/mol. The highest BCUT2D eigenvalue weighted by atomic mass is 32.2.